The Kier molecular flexibility index (Phi) is 9.27. The quantitative estimate of drug-likeness (QED) is 0.618. The molecule has 0 unspecified atom stereocenters. The van der Waals surface area contributed by atoms with E-state index in [-0.39, 0.29) is 24.5 Å². The highest BCUT2D eigenvalue weighted by molar-refractivity contribution is 5.85. The molecule has 0 saturated carbocycles. The van der Waals surface area contributed by atoms with Gasteiger partial charge in [-0.1, -0.05) is 30.3 Å². The fourth-order valence-corrected chi connectivity index (χ4v) is 2.95. The second-order valence-electron chi connectivity index (χ2n) is 6.94. The molecule has 0 spiro atoms. The highest BCUT2D eigenvalue weighted by Gasteiger charge is 2.22. The monoisotopic (exact) mass is 390 g/mol. The van der Waals surface area contributed by atoms with Crippen molar-refractivity contribution in [2.75, 3.05) is 13.1 Å². The Morgan fingerprint density at radius 2 is 1.64 bits per heavy atom. The van der Waals surface area contributed by atoms with Crippen molar-refractivity contribution >= 4 is 17.9 Å². The topological polar surface area (TPSA) is 123 Å². The van der Waals surface area contributed by atoms with E-state index in [0.717, 1.165) is 44.2 Å². The van der Waals surface area contributed by atoms with Crippen LogP contribution in [0.25, 0.3) is 0 Å². The molecule has 1 aromatic rings. The van der Waals surface area contributed by atoms with Crippen LogP contribution in [0.3, 0.4) is 0 Å². The Labute approximate surface area is 165 Å². The molecule has 0 bridgehead atoms. The number of nitrogens with two attached hydrogens (primary N) is 1. The van der Waals surface area contributed by atoms with Gasteiger partial charge < -0.3 is 26.4 Å². The van der Waals surface area contributed by atoms with Crippen LogP contribution in [0.5, 0.6) is 0 Å². The summed E-state index contributed by atoms with van der Waals surface area (Å²) in [5.74, 6) is -0.123. The molecule has 28 heavy (non-hydrogen) atoms. The number of benzene rings is 1. The number of hydrogen-bond acceptors (Lipinski definition) is 5. The SMILES string of the molecule is N[C@@H]1CCCCNC1=O.O=C(N[C@@H]1CCCCNC1=O)OCc1ccccc1. The minimum atomic E-state index is -0.550. The summed E-state index contributed by atoms with van der Waals surface area (Å²) in [6.07, 6.45) is 4.95. The normalized spacial score (nSPS) is 22.3. The van der Waals surface area contributed by atoms with Crippen molar-refractivity contribution in [2.45, 2.75) is 57.2 Å². The molecule has 2 fully saturated rings. The zero-order chi connectivity index (χ0) is 20.2. The van der Waals surface area contributed by atoms with Gasteiger partial charge in [0.1, 0.15) is 12.6 Å². The molecule has 2 atom stereocenters. The summed E-state index contributed by atoms with van der Waals surface area (Å²) in [7, 11) is 0. The van der Waals surface area contributed by atoms with E-state index in [1.807, 2.05) is 30.3 Å². The Bertz CT molecular complexity index is 638. The van der Waals surface area contributed by atoms with Crippen LogP contribution in [0.1, 0.15) is 44.1 Å². The highest BCUT2D eigenvalue weighted by atomic mass is 16.5. The van der Waals surface area contributed by atoms with Crippen molar-refractivity contribution in [3.8, 4) is 0 Å². The summed E-state index contributed by atoms with van der Waals surface area (Å²) in [5.41, 5.74) is 6.39. The maximum absolute atomic E-state index is 11.6. The van der Waals surface area contributed by atoms with E-state index >= 15 is 0 Å². The number of carbonyl (C=O) groups is 3. The third-order valence-corrected chi connectivity index (χ3v) is 4.62. The number of alkyl carbamates (subject to hydrolysis) is 1. The van der Waals surface area contributed by atoms with Gasteiger partial charge in [0.2, 0.25) is 11.8 Å². The van der Waals surface area contributed by atoms with Crippen molar-refractivity contribution in [3.05, 3.63) is 35.9 Å². The first kappa shape index (κ1) is 21.7. The molecule has 0 aromatic heterocycles. The summed E-state index contributed by atoms with van der Waals surface area (Å²) in [4.78, 5) is 34.0. The lowest BCUT2D eigenvalue weighted by Crippen LogP contribution is -2.45. The van der Waals surface area contributed by atoms with Crippen LogP contribution in [0.15, 0.2) is 30.3 Å². The molecule has 0 aliphatic carbocycles. The summed E-state index contributed by atoms with van der Waals surface area (Å²) in [6, 6.07) is 8.69. The van der Waals surface area contributed by atoms with Crippen molar-refractivity contribution in [2.24, 2.45) is 5.73 Å². The predicted molar refractivity (Wildman–Crippen MR) is 105 cm³/mol. The number of nitrogens with one attached hydrogen (secondary N) is 3. The van der Waals surface area contributed by atoms with Gasteiger partial charge in [-0.05, 0) is 44.1 Å². The summed E-state index contributed by atoms with van der Waals surface area (Å²) >= 11 is 0. The minimum absolute atomic E-state index is 0.00694. The first-order chi connectivity index (χ1) is 13.6. The van der Waals surface area contributed by atoms with Gasteiger partial charge in [-0.25, -0.2) is 4.79 Å². The van der Waals surface area contributed by atoms with Gasteiger partial charge in [0, 0.05) is 13.1 Å². The minimum Gasteiger partial charge on any atom is -0.445 e. The molecule has 8 heteroatoms. The zero-order valence-electron chi connectivity index (χ0n) is 16.1. The van der Waals surface area contributed by atoms with E-state index in [1.165, 1.54) is 0 Å². The van der Waals surface area contributed by atoms with Crippen molar-refractivity contribution in [3.63, 3.8) is 0 Å². The summed E-state index contributed by atoms with van der Waals surface area (Å²) < 4.78 is 5.09. The number of hydrogen-bond donors (Lipinski definition) is 4. The lowest BCUT2D eigenvalue weighted by molar-refractivity contribution is -0.123. The van der Waals surface area contributed by atoms with Crippen LogP contribution in [0, 0.1) is 0 Å². The van der Waals surface area contributed by atoms with Crippen LogP contribution in [0.2, 0.25) is 0 Å². The second-order valence-corrected chi connectivity index (χ2v) is 6.94. The van der Waals surface area contributed by atoms with E-state index in [0.29, 0.717) is 13.0 Å². The maximum atomic E-state index is 11.6. The summed E-state index contributed by atoms with van der Waals surface area (Å²) in [5, 5.41) is 8.10. The van der Waals surface area contributed by atoms with E-state index in [4.69, 9.17) is 10.5 Å². The van der Waals surface area contributed by atoms with Crippen LogP contribution >= 0.6 is 0 Å². The number of ether oxygens (including phenoxy) is 1. The van der Waals surface area contributed by atoms with Crippen LogP contribution < -0.4 is 21.7 Å². The predicted octanol–water partition coefficient (Wildman–Crippen LogP) is 1.20. The van der Waals surface area contributed by atoms with Crippen molar-refractivity contribution < 1.29 is 19.1 Å². The molecule has 2 saturated heterocycles. The van der Waals surface area contributed by atoms with E-state index < -0.39 is 12.1 Å². The van der Waals surface area contributed by atoms with E-state index in [1.54, 1.807) is 0 Å². The molecule has 3 amide bonds. The first-order valence-corrected chi connectivity index (χ1v) is 9.84. The van der Waals surface area contributed by atoms with Gasteiger partial charge in [0.05, 0.1) is 6.04 Å². The van der Waals surface area contributed by atoms with Crippen molar-refractivity contribution in [1.29, 1.82) is 0 Å². The van der Waals surface area contributed by atoms with Gasteiger partial charge in [-0.15, -0.1) is 0 Å². The standard InChI is InChI=1S/C14H18N2O3.C6H12N2O/c17-13-12(8-4-5-9-15-13)16-14(18)19-10-11-6-2-1-3-7-11;7-5-3-1-2-4-8-6(5)9/h1-3,6-7,12H,4-5,8-10H2,(H,15,17)(H,16,18);5H,1-4,7H2,(H,8,9)/t12-;5-/m11/s1. The zero-order valence-corrected chi connectivity index (χ0v) is 16.1. The molecule has 0 radical (unpaired) electrons. The molecule has 2 aliphatic heterocycles. The molecule has 154 valence electrons. The van der Waals surface area contributed by atoms with Crippen molar-refractivity contribution in [1.82, 2.24) is 16.0 Å². The van der Waals surface area contributed by atoms with E-state index in [2.05, 4.69) is 16.0 Å². The molecule has 8 nitrogen and oxygen atoms in total. The second kappa shape index (κ2) is 12.0. The smallest absolute Gasteiger partial charge is 0.408 e. The average Bonchev–Trinajstić information content (AvgIpc) is 3.02. The molecule has 2 aliphatic rings. The maximum Gasteiger partial charge on any atom is 0.408 e. The van der Waals surface area contributed by atoms with Crippen LogP contribution in [0.4, 0.5) is 4.79 Å². The van der Waals surface area contributed by atoms with Gasteiger partial charge in [-0.3, -0.25) is 9.59 Å². The number of rotatable bonds is 3. The first-order valence-electron chi connectivity index (χ1n) is 9.84. The summed E-state index contributed by atoms with van der Waals surface area (Å²) in [6.45, 7) is 1.68. The largest absolute Gasteiger partial charge is 0.445 e. The van der Waals surface area contributed by atoms with Gasteiger partial charge in [-0.2, -0.15) is 0 Å². The third kappa shape index (κ3) is 7.96. The Hall–Kier alpha value is -2.61. The fraction of sp³-hybridized carbons (Fsp3) is 0.550. The molecule has 1 aromatic carbocycles. The fourth-order valence-electron chi connectivity index (χ4n) is 2.95. The number of amides is 3. The average molecular weight is 390 g/mol. The highest BCUT2D eigenvalue weighted by Crippen LogP contribution is 2.06. The Morgan fingerprint density at radius 1 is 1.00 bits per heavy atom. The lowest BCUT2D eigenvalue weighted by atomic mass is 10.1. The van der Waals surface area contributed by atoms with Crippen LogP contribution in [-0.2, 0) is 20.9 Å². The molecule has 2 heterocycles. The van der Waals surface area contributed by atoms with Gasteiger partial charge in [0.15, 0.2) is 0 Å². The Morgan fingerprint density at radius 3 is 2.36 bits per heavy atom. The third-order valence-electron chi connectivity index (χ3n) is 4.62. The number of carbonyl (C=O) groups excluding carboxylic acids is 3. The molecule has 5 N–H and O–H groups in total. The van der Waals surface area contributed by atoms with Gasteiger partial charge in [0.25, 0.3) is 0 Å². The molecular formula is C20H30N4O4. The Balaban J connectivity index is 0.000000261. The molecular weight excluding hydrogens is 360 g/mol. The van der Waals surface area contributed by atoms with Crippen LogP contribution in [-0.4, -0.2) is 43.1 Å². The lowest BCUT2D eigenvalue weighted by Gasteiger charge is -2.15. The van der Waals surface area contributed by atoms with E-state index in [9.17, 15) is 14.4 Å². The molecule has 3 rings (SSSR count). The van der Waals surface area contributed by atoms with Gasteiger partial charge >= 0.3 is 6.09 Å².